The van der Waals surface area contributed by atoms with Crippen LogP contribution in [0.4, 0.5) is 10.8 Å². The summed E-state index contributed by atoms with van der Waals surface area (Å²) in [5, 5.41) is 5.09. The van der Waals surface area contributed by atoms with Crippen LogP contribution in [0.1, 0.15) is 16.1 Å². The van der Waals surface area contributed by atoms with Gasteiger partial charge in [0, 0.05) is 23.5 Å². The van der Waals surface area contributed by atoms with Crippen LogP contribution in [0.2, 0.25) is 0 Å². The van der Waals surface area contributed by atoms with Gasteiger partial charge in [-0.2, -0.15) is 0 Å². The van der Waals surface area contributed by atoms with Crippen LogP contribution in [0.25, 0.3) is 0 Å². The highest BCUT2D eigenvalue weighted by molar-refractivity contribution is 7.13. The van der Waals surface area contributed by atoms with E-state index in [2.05, 4.69) is 15.3 Å². The second-order valence-electron chi connectivity index (χ2n) is 3.21. The fourth-order valence-corrected chi connectivity index (χ4v) is 1.85. The average Bonchev–Trinajstić information content (AvgIpc) is 2.64. The Morgan fingerprint density at radius 3 is 3.00 bits per heavy atom. The zero-order chi connectivity index (χ0) is 11.5. The van der Waals surface area contributed by atoms with E-state index in [0.29, 0.717) is 16.4 Å². The molecule has 0 radical (unpaired) electrons. The molecule has 2 rings (SSSR count). The largest absolute Gasteiger partial charge is 0.398 e. The van der Waals surface area contributed by atoms with E-state index in [1.54, 1.807) is 12.3 Å². The molecule has 2 aromatic heterocycles. The Labute approximate surface area is 96.3 Å². The summed E-state index contributed by atoms with van der Waals surface area (Å²) < 4.78 is 0. The average molecular weight is 234 g/mol. The molecule has 1 amide bonds. The van der Waals surface area contributed by atoms with Crippen molar-refractivity contribution in [2.24, 2.45) is 0 Å². The van der Waals surface area contributed by atoms with Gasteiger partial charge in [0.1, 0.15) is 0 Å². The first-order chi connectivity index (χ1) is 7.66. The number of anilines is 2. The normalized spacial score (nSPS) is 10.1. The van der Waals surface area contributed by atoms with E-state index < -0.39 is 0 Å². The number of rotatable bonds is 2. The molecule has 0 fully saturated rings. The van der Waals surface area contributed by atoms with Crippen molar-refractivity contribution >= 4 is 28.1 Å². The lowest BCUT2D eigenvalue weighted by Crippen LogP contribution is -2.14. The Bertz CT molecular complexity index is 523. The highest BCUT2D eigenvalue weighted by Crippen LogP contribution is 2.17. The van der Waals surface area contributed by atoms with Crippen LogP contribution >= 0.6 is 11.3 Å². The molecule has 6 heteroatoms. The Balaban J connectivity index is 2.18. The molecule has 0 atom stereocenters. The van der Waals surface area contributed by atoms with Crippen molar-refractivity contribution in [1.29, 1.82) is 0 Å². The summed E-state index contributed by atoms with van der Waals surface area (Å²) in [4.78, 5) is 19.8. The molecule has 0 aromatic carbocycles. The molecule has 0 aliphatic carbocycles. The second-order valence-corrected chi connectivity index (χ2v) is 4.07. The fraction of sp³-hybridized carbons (Fsp3) is 0.100. The maximum atomic E-state index is 11.8. The second kappa shape index (κ2) is 4.28. The van der Waals surface area contributed by atoms with E-state index >= 15 is 0 Å². The van der Waals surface area contributed by atoms with Crippen LogP contribution in [0.5, 0.6) is 0 Å². The van der Waals surface area contributed by atoms with Crippen molar-refractivity contribution in [3.05, 3.63) is 35.1 Å². The highest BCUT2D eigenvalue weighted by atomic mass is 32.1. The topological polar surface area (TPSA) is 80.9 Å². The fourth-order valence-electron chi connectivity index (χ4n) is 1.17. The molecule has 0 aliphatic rings. The Morgan fingerprint density at radius 1 is 1.56 bits per heavy atom. The number of nitrogens with one attached hydrogen (secondary N) is 1. The van der Waals surface area contributed by atoms with Crippen molar-refractivity contribution in [2.45, 2.75) is 6.92 Å². The Hall–Kier alpha value is -1.95. The minimum absolute atomic E-state index is 0.292. The molecular weight excluding hydrogens is 224 g/mol. The van der Waals surface area contributed by atoms with Gasteiger partial charge in [-0.05, 0) is 13.0 Å². The number of pyridine rings is 1. The summed E-state index contributed by atoms with van der Waals surface area (Å²) in [6, 6.07) is 1.59. The number of aryl methyl sites for hydroxylation is 1. The first-order valence-electron chi connectivity index (χ1n) is 4.60. The van der Waals surface area contributed by atoms with Gasteiger partial charge < -0.3 is 5.73 Å². The van der Waals surface area contributed by atoms with E-state index in [4.69, 9.17) is 5.73 Å². The molecule has 0 saturated heterocycles. The van der Waals surface area contributed by atoms with Crippen LogP contribution in [0, 0.1) is 6.92 Å². The molecule has 3 N–H and O–H groups in total. The number of aromatic nitrogens is 2. The zero-order valence-corrected chi connectivity index (χ0v) is 9.41. The minimum Gasteiger partial charge on any atom is -0.398 e. The number of thiazole rings is 1. The number of hydrogen-bond donors (Lipinski definition) is 2. The van der Waals surface area contributed by atoms with E-state index in [-0.39, 0.29) is 5.91 Å². The van der Waals surface area contributed by atoms with Crippen molar-refractivity contribution in [3.63, 3.8) is 0 Å². The van der Waals surface area contributed by atoms with Crippen LogP contribution < -0.4 is 11.1 Å². The van der Waals surface area contributed by atoms with E-state index in [9.17, 15) is 4.79 Å². The summed E-state index contributed by atoms with van der Waals surface area (Å²) in [7, 11) is 0. The van der Waals surface area contributed by atoms with E-state index in [1.165, 1.54) is 17.5 Å². The molecule has 0 unspecified atom stereocenters. The third-order valence-electron chi connectivity index (χ3n) is 1.94. The quantitative estimate of drug-likeness (QED) is 0.828. The molecule has 2 heterocycles. The monoisotopic (exact) mass is 234 g/mol. The summed E-state index contributed by atoms with van der Waals surface area (Å²) in [5.41, 5.74) is 7.30. The lowest BCUT2D eigenvalue weighted by Gasteiger charge is -2.03. The van der Waals surface area contributed by atoms with Crippen LogP contribution in [-0.2, 0) is 0 Å². The Kier molecular flexibility index (Phi) is 2.82. The molecule has 2 aromatic rings. The van der Waals surface area contributed by atoms with Gasteiger partial charge in [-0.15, -0.1) is 11.3 Å². The van der Waals surface area contributed by atoms with Crippen LogP contribution in [0.3, 0.4) is 0 Å². The number of nitrogen functional groups attached to an aromatic ring is 1. The third-order valence-corrected chi connectivity index (χ3v) is 2.81. The van der Waals surface area contributed by atoms with Crippen molar-refractivity contribution < 1.29 is 4.79 Å². The molecule has 0 bridgehead atoms. The Morgan fingerprint density at radius 2 is 2.38 bits per heavy atom. The van der Waals surface area contributed by atoms with Gasteiger partial charge in [-0.25, -0.2) is 4.98 Å². The molecular formula is C10H10N4OS. The van der Waals surface area contributed by atoms with Crippen LogP contribution in [0.15, 0.2) is 23.8 Å². The molecule has 0 saturated carbocycles. The van der Waals surface area contributed by atoms with Gasteiger partial charge in [0.25, 0.3) is 5.91 Å². The van der Waals surface area contributed by atoms with E-state index in [1.807, 2.05) is 12.3 Å². The van der Waals surface area contributed by atoms with Gasteiger partial charge in [-0.1, -0.05) is 0 Å². The third kappa shape index (κ3) is 2.17. The van der Waals surface area contributed by atoms with E-state index in [0.717, 1.165) is 5.69 Å². The molecule has 0 aliphatic heterocycles. The number of nitrogens with zero attached hydrogens (tertiary/aromatic N) is 2. The minimum atomic E-state index is -0.292. The summed E-state index contributed by atoms with van der Waals surface area (Å²) in [6.07, 6.45) is 2.98. The van der Waals surface area contributed by atoms with Gasteiger partial charge in [0.2, 0.25) is 0 Å². The van der Waals surface area contributed by atoms with Crippen molar-refractivity contribution in [1.82, 2.24) is 9.97 Å². The van der Waals surface area contributed by atoms with Crippen LogP contribution in [-0.4, -0.2) is 15.9 Å². The number of nitrogens with two attached hydrogens (primary N) is 1. The summed E-state index contributed by atoms with van der Waals surface area (Å²) in [5.74, 6) is -0.292. The van der Waals surface area contributed by atoms with Crippen molar-refractivity contribution in [2.75, 3.05) is 11.1 Å². The predicted octanol–water partition coefficient (Wildman–Crippen LogP) is 1.68. The van der Waals surface area contributed by atoms with Gasteiger partial charge >= 0.3 is 0 Å². The first-order valence-corrected chi connectivity index (χ1v) is 5.48. The zero-order valence-electron chi connectivity index (χ0n) is 8.60. The number of amides is 1. The standard InChI is InChI=1S/C10H10N4OS/c1-6-5-16-10(13-6)14-9(15)7-4-12-3-2-8(7)11/h2-5H,1H3,(H2,11,12)(H,13,14,15). The lowest BCUT2D eigenvalue weighted by molar-refractivity contribution is 0.102. The molecule has 82 valence electrons. The predicted molar refractivity (Wildman–Crippen MR) is 63.5 cm³/mol. The smallest absolute Gasteiger partial charge is 0.261 e. The maximum absolute atomic E-state index is 11.8. The molecule has 5 nitrogen and oxygen atoms in total. The SMILES string of the molecule is Cc1csc(NC(=O)c2cnccc2N)n1. The molecule has 16 heavy (non-hydrogen) atoms. The number of carbonyl (C=O) groups is 1. The van der Waals surface area contributed by atoms with Gasteiger partial charge in [0.05, 0.1) is 11.3 Å². The van der Waals surface area contributed by atoms with Gasteiger partial charge in [-0.3, -0.25) is 15.1 Å². The highest BCUT2D eigenvalue weighted by Gasteiger charge is 2.11. The lowest BCUT2D eigenvalue weighted by atomic mass is 10.2. The van der Waals surface area contributed by atoms with Gasteiger partial charge in [0.15, 0.2) is 5.13 Å². The number of hydrogen-bond acceptors (Lipinski definition) is 5. The first kappa shape index (κ1) is 10.6. The summed E-state index contributed by atoms with van der Waals surface area (Å²) in [6.45, 7) is 1.87. The maximum Gasteiger partial charge on any atom is 0.261 e. The molecule has 0 spiro atoms. The summed E-state index contributed by atoms with van der Waals surface area (Å²) >= 11 is 1.37. The number of carbonyl (C=O) groups excluding carboxylic acids is 1. The van der Waals surface area contributed by atoms with Crippen molar-refractivity contribution in [3.8, 4) is 0 Å².